The first kappa shape index (κ1) is 22.3. The molecule has 1 aliphatic heterocycles. The van der Waals surface area contributed by atoms with Crippen molar-refractivity contribution < 1.29 is 9.21 Å². The third-order valence-corrected chi connectivity index (χ3v) is 6.40. The SMILES string of the molecule is O=C(CCn1c(CN2CCN(C/C=C\c3ccccc3)CC2)nc2ccccc21)c1ccco1. The molecule has 0 N–H and O–H groups in total. The average Bonchev–Trinajstić information content (AvgIpc) is 3.53. The van der Waals surface area contributed by atoms with Crippen LogP contribution in [0.1, 0.15) is 28.4 Å². The van der Waals surface area contributed by atoms with Crippen LogP contribution in [0.15, 0.2) is 83.5 Å². The van der Waals surface area contributed by atoms with Crippen molar-refractivity contribution in [2.75, 3.05) is 32.7 Å². The van der Waals surface area contributed by atoms with Gasteiger partial charge in [0.15, 0.2) is 11.5 Å². The van der Waals surface area contributed by atoms with Gasteiger partial charge in [0, 0.05) is 45.7 Å². The monoisotopic (exact) mass is 454 g/mol. The number of piperazine rings is 1. The number of fused-ring (bicyclic) bond motifs is 1. The van der Waals surface area contributed by atoms with Crippen molar-refractivity contribution in [3.05, 3.63) is 96.2 Å². The van der Waals surface area contributed by atoms with E-state index in [1.807, 2.05) is 24.3 Å². The van der Waals surface area contributed by atoms with E-state index in [2.05, 4.69) is 56.9 Å². The van der Waals surface area contributed by atoms with E-state index in [0.29, 0.717) is 18.7 Å². The summed E-state index contributed by atoms with van der Waals surface area (Å²) in [6, 6.07) is 22.1. The van der Waals surface area contributed by atoms with Gasteiger partial charge in [-0.3, -0.25) is 14.6 Å². The minimum Gasteiger partial charge on any atom is -0.461 e. The lowest BCUT2D eigenvalue weighted by Crippen LogP contribution is -2.46. The molecule has 6 heteroatoms. The Morgan fingerprint density at radius 1 is 0.912 bits per heavy atom. The van der Waals surface area contributed by atoms with E-state index in [4.69, 9.17) is 9.40 Å². The van der Waals surface area contributed by atoms with Gasteiger partial charge in [0.1, 0.15) is 5.82 Å². The highest BCUT2D eigenvalue weighted by atomic mass is 16.3. The van der Waals surface area contributed by atoms with Crippen LogP contribution in [-0.4, -0.2) is 57.9 Å². The first-order valence-electron chi connectivity index (χ1n) is 11.9. The summed E-state index contributed by atoms with van der Waals surface area (Å²) >= 11 is 0. The van der Waals surface area contributed by atoms with Gasteiger partial charge in [-0.2, -0.15) is 0 Å². The molecule has 2 aromatic carbocycles. The second-order valence-corrected chi connectivity index (χ2v) is 8.71. The van der Waals surface area contributed by atoms with Gasteiger partial charge in [-0.1, -0.05) is 54.6 Å². The fraction of sp³-hybridized carbons (Fsp3) is 0.286. The number of carbonyl (C=O) groups is 1. The third-order valence-electron chi connectivity index (χ3n) is 6.40. The number of benzene rings is 2. The zero-order valence-corrected chi connectivity index (χ0v) is 19.3. The smallest absolute Gasteiger partial charge is 0.199 e. The molecule has 34 heavy (non-hydrogen) atoms. The summed E-state index contributed by atoms with van der Waals surface area (Å²) in [7, 11) is 0. The molecule has 1 fully saturated rings. The lowest BCUT2D eigenvalue weighted by atomic mass is 10.2. The summed E-state index contributed by atoms with van der Waals surface area (Å²) in [5.41, 5.74) is 3.30. The highest BCUT2D eigenvalue weighted by Crippen LogP contribution is 2.19. The summed E-state index contributed by atoms with van der Waals surface area (Å²) in [4.78, 5) is 22.4. The minimum atomic E-state index is 0.0194. The van der Waals surface area contributed by atoms with Crippen molar-refractivity contribution in [1.29, 1.82) is 0 Å². The number of para-hydroxylation sites is 2. The van der Waals surface area contributed by atoms with Gasteiger partial charge >= 0.3 is 0 Å². The molecule has 1 aliphatic rings. The number of Topliss-reactive ketones (excluding diaryl/α,β-unsaturated/α-hetero) is 1. The number of rotatable bonds is 9. The molecule has 0 aliphatic carbocycles. The molecule has 174 valence electrons. The highest BCUT2D eigenvalue weighted by Gasteiger charge is 2.20. The molecular formula is C28H30N4O2. The Hall–Kier alpha value is -3.48. The van der Waals surface area contributed by atoms with Crippen molar-refractivity contribution in [3.63, 3.8) is 0 Å². The Bertz CT molecular complexity index is 1240. The number of ketones is 1. The summed E-state index contributed by atoms with van der Waals surface area (Å²) in [5, 5.41) is 0. The molecule has 0 amide bonds. The number of aryl methyl sites for hydroxylation is 1. The number of hydrogen-bond acceptors (Lipinski definition) is 5. The second kappa shape index (κ2) is 10.6. The Kier molecular flexibility index (Phi) is 6.98. The fourth-order valence-corrected chi connectivity index (χ4v) is 4.50. The van der Waals surface area contributed by atoms with Gasteiger partial charge in [-0.15, -0.1) is 0 Å². The molecule has 2 aromatic heterocycles. The van der Waals surface area contributed by atoms with E-state index >= 15 is 0 Å². The number of hydrogen-bond donors (Lipinski definition) is 0. The van der Waals surface area contributed by atoms with Crippen molar-refractivity contribution in [1.82, 2.24) is 19.4 Å². The topological polar surface area (TPSA) is 54.5 Å². The molecule has 1 saturated heterocycles. The van der Waals surface area contributed by atoms with E-state index in [-0.39, 0.29) is 5.78 Å². The van der Waals surface area contributed by atoms with E-state index in [9.17, 15) is 4.79 Å². The zero-order valence-electron chi connectivity index (χ0n) is 19.3. The summed E-state index contributed by atoms with van der Waals surface area (Å²) in [5.74, 6) is 1.46. The Balaban J connectivity index is 1.20. The lowest BCUT2D eigenvalue weighted by molar-refractivity contribution is 0.0949. The molecule has 3 heterocycles. The maximum absolute atomic E-state index is 12.5. The van der Waals surface area contributed by atoms with Crippen molar-refractivity contribution >= 4 is 22.9 Å². The van der Waals surface area contributed by atoms with E-state index in [1.165, 1.54) is 5.56 Å². The third kappa shape index (κ3) is 5.35. The second-order valence-electron chi connectivity index (χ2n) is 8.71. The summed E-state index contributed by atoms with van der Waals surface area (Å²) in [6.07, 6.45) is 6.38. The molecule has 5 rings (SSSR count). The van der Waals surface area contributed by atoms with Gasteiger partial charge in [0.2, 0.25) is 0 Å². The lowest BCUT2D eigenvalue weighted by Gasteiger charge is -2.34. The Morgan fingerprint density at radius 3 is 2.47 bits per heavy atom. The zero-order chi connectivity index (χ0) is 23.2. The summed E-state index contributed by atoms with van der Waals surface area (Å²) < 4.78 is 7.47. The number of aromatic nitrogens is 2. The van der Waals surface area contributed by atoms with Crippen LogP contribution in [-0.2, 0) is 13.1 Å². The van der Waals surface area contributed by atoms with Gasteiger partial charge < -0.3 is 8.98 Å². The van der Waals surface area contributed by atoms with Gasteiger partial charge in [-0.25, -0.2) is 4.98 Å². The number of imidazole rings is 1. The van der Waals surface area contributed by atoms with Crippen LogP contribution in [0.4, 0.5) is 0 Å². The molecule has 0 radical (unpaired) electrons. The molecule has 0 saturated carbocycles. The molecule has 0 bridgehead atoms. The van der Waals surface area contributed by atoms with Crippen molar-refractivity contribution in [2.45, 2.75) is 19.5 Å². The predicted octanol–water partition coefficient (Wildman–Crippen LogP) is 4.73. The fourth-order valence-electron chi connectivity index (χ4n) is 4.50. The molecule has 6 nitrogen and oxygen atoms in total. The summed E-state index contributed by atoms with van der Waals surface area (Å²) in [6.45, 7) is 6.45. The Morgan fingerprint density at radius 2 is 1.68 bits per heavy atom. The molecule has 0 spiro atoms. The van der Waals surface area contributed by atoms with Crippen LogP contribution in [0.25, 0.3) is 17.1 Å². The van der Waals surface area contributed by atoms with E-state index in [0.717, 1.165) is 56.1 Å². The van der Waals surface area contributed by atoms with Crippen molar-refractivity contribution in [2.24, 2.45) is 0 Å². The van der Waals surface area contributed by atoms with E-state index in [1.54, 1.807) is 18.4 Å². The first-order valence-corrected chi connectivity index (χ1v) is 11.9. The Labute approximate surface area is 200 Å². The maximum atomic E-state index is 12.5. The molecule has 4 aromatic rings. The van der Waals surface area contributed by atoms with Crippen LogP contribution in [0, 0.1) is 0 Å². The average molecular weight is 455 g/mol. The van der Waals surface area contributed by atoms with Crippen LogP contribution < -0.4 is 0 Å². The number of nitrogens with zero attached hydrogens (tertiary/aromatic N) is 4. The number of furan rings is 1. The van der Waals surface area contributed by atoms with Gasteiger partial charge in [-0.05, 0) is 29.8 Å². The van der Waals surface area contributed by atoms with Crippen molar-refractivity contribution in [3.8, 4) is 0 Å². The minimum absolute atomic E-state index is 0.0194. The molecular weight excluding hydrogens is 424 g/mol. The van der Waals surface area contributed by atoms with Gasteiger partial charge in [0.25, 0.3) is 0 Å². The predicted molar refractivity (Wildman–Crippen MR) is 135 cm³/mol. The standard InChI is InChI=1S/C28H30N4O2/c33-26(27-13-7-21-34-27)14-16-32-25-12-5-4-11-24(25)29-28(32)22-31-19-17-30(18-20-31)15-6-10-23-8-2-1-3-9-23/h1-13,21H,14-20,22H2/b10-6-. The normalized spacial score (nSPS) is 15.4. The number of carbonyl (C=O) groups excluding carboxylic acids is 1. The quantitative estimate of drug-likeness (QED) is 0.342. The highest BCUT2D eigenvalue weighted by molar-refractivity contribution is 5.93. The first-order chi connectivity index (χ1) is 16.8. The molecule has 0 unspecified atom stereocenters. The maximum Gasteiger partial charge on any atom is 0.199 e. The van der Waals surface area contributed by atoms with Gasteiger partial charge in [0.05, 0.1) is 23.8 Å². The van der Waals surface area contributed by atoms with Crippen LogP contribution in [0.5, 0.6) is 0 Å². The van der Waals surface area contributed by atoms with E-state index < -0.39 is 0 Å². The van der Waals surface area contributed by atoms with Crippen LogP contribution in [0.3, 0.4) is 0 Å². The molecule has 0 atom stereocenters. The van der Waals surface area contributed by atoms with Crippen LogP contribution in [0.2, 0.25) is 0 Å². The largest absolute Gasteiger partial charge is 0.461 e. The van der Waals surface area contributed by atoms with Crippen LogP contribution >= 0.6 is 0 Å².